The van der Waals surface area contributed by atoms with Gasteiger partial charge in [0.15, 0.2) is 0 Å². The van der Waals surface area contributed by atoms with Gasteiger partial charge in [0.25, 0.3) is 0 Å². The van der Waals surface area contributed by atoms with E-state index in [1.165, 1.54) is 4.90 Å². The summed E-state index contributed by atoms with van der Waals surface area (Å²) in [5.41, 5.74) is 3.94. The molecule has 0 spiro atoms. The van der Waals surface area contributed by atoms with Crippen LogP contribution in [0.3, 0.4) is 0 Å². The number of aromatic amines is 1. The lowest BCUT2D eigenvalue weighted by Crippen LogP contribution is -2.46. The van der Waals surface area contributed by atoms with Gasteiger partial charge in [-0.2, -0.15) is 5.26 Å². The van der Waals surface area contributed by atoms with Gasteiger partial charge in [0.2, 0.25) is 0 Å². The zero-order valence-electron chi connectivity index (χ0n) is 15.5. The summed E-state index contributed by atoms with van der Waals surface area (Å²) >= 11 is 0. The molecule has 1 aromatic heterocycles. The van der Waals surface area contributed by atoms with Crippen LogP contribution in [0.25, 0.3) is 10.9 Å². The number of fused-ring (bicyclic) bond motifs is 1. The third kappa shape index (κ3) is 3.65. The molecular formula is C22H22N4O2. The monoisotopic (exact) mass is 374 g/mol. The fraction of sp³-hybridized carbons (Fsp3) is 0.273. The lowest BCUT2D eigenvalue weighted by Gasteiger charge is -2.39. The molecule has 1 aliphatic rings. The molecule has 1 saturated heterocycles. The maximum atomic E-state index is 11.3. The minimum atomic E-state index is -0.847. The predicted molar refractivity (Wildman–Crippen MR) is 108 cm³/mol. The molecule has 6 nitrogen and oxygen atoms in total. The summed E-state index contributed by atoms with van der Waals surface area (Å²) in [6.45, 7) is 1.77. The topological polar surface area (TPSA) is 83.4 Å². The predicted octanol–water partition coefficient (Wildman–Crippen LogP) is 4.19. The number of rotatable bonds is 4. The molecule has 4 rings (SSSR count). The van der Waals surface area contributed by atoms with Crippen molar-refractivity contribution in [1.82, 2.24) is 9.88 Å². The molecule has 0 atom stereocenters. The summed E-state index contributed by atoms with van der Waals surface area (Å²) in [6.07, 6.45) is 2.66. The van der Waals surface area contributed by atoms with Crippen LogP contribution in [0.2, 0.25) is 0 Å². The zero-order valence-corrected chi connectivity index (χ0v) is 15.5. The van der Waals surface area contributed by atoms with Crippen LogP contribution in [0.4, 0.5) is 10.5 Å². The normalized spacial score (nSPS) is 14.8. The number of aromatic nitrogens is 1. The fourth-order valence-corrected chi connectivity index (χ4v) is 3.96. The summed E-state index contributed by atoms with van der Waals surface area (Å²) in [6, 6.07) is 18.5. The maximum absolute atomic E-state index is 11.3. The van der Waals surface area contributed by atoms with Crippen LogP contribution in [0.1, 0.15) is 24.0 Å². The summed E-state index contributed by atoms with van der Waals surface area (Å²) in [5.74, 6) is 0. The molecule has 2 N–H and O–H groups in total. The maximum Gasteiger partial charge on any atom is 0.407 e. The second-order valence-electron chi connectivity index (χ2n) is 7.19. The van der Waals surface area contributed by atoms with E-state index in [1.54, 1.807) is 0 Å². The Kier molecular flexibility index (Phi) is 4.90. The third-order valence-electron chi connectivity index (χ3n) is 5.45. The number of anilines is 1. The largest absolute Gasteiger partial charge is 0.465 e. The highest BCUT2D eigenvalue weighted by Gasteiger charge is 2.27. The van der Waals surface area contributed by atoms with Gasteiger partial charge >= 0.3 is 6.09 Å². The number of amides is 1. The van der Waals surface area contributed by atoms with Gasteiger partial charge in [-0.3, -0.25) is 0 Å². The number of nitrogens with one attached hydrogen (secondary N) is 1. The quantitative estimate of drug-likeness (QED) is 0.717. The molecule has 1 aliphatic heterocycles. The fourth-order valence-electron chi connectivity index (χ4n) is 3.96. The molecule has 3 aromatic rings. The first-order valence-corrected chi connectivity index (χ1v) is 9.45. The number of nitriles is 1. The van der Waals surface area contributed by atoms with Crippen LogP contribution in [0, 0.1) is 11.3 Å². The summed E-state index contributed by atoms with van der Waals surface area (Å²) in [7, 11) is 0. The van der Waals surface area contributed by atoms with Gasteiger partial charge in [-0.1, -0.05) is 12.1 Å². The molecule has 0 radical (unpaired) electrons. The number of nitrogens with zero attached hydrogens (tertiary/aromatic N) is 3. The molecular weight excluding hydrogens is 352 g/mol. The second kappa shape index (κ2) is 7.65. The van der Waals surface area contributed by atoms with Crippen LogP contribution in [-0.2, 0) is 6.54 Å². The number of carboxylic acid groups (broad SMARTS) is 1. The molecule has 28 heavy (non-hydrogen) atoms. The van der Waals surface area contributed by atoms with Gasteiger partial charge in [-0.25, -0.2) is 4.79 Å². The third-order valence-corrected chi connectivity index (χ3v) is 5.45. The van der Waals surface area contributed by atoms with E-state index in [1.807, 2.05) is 30.5 Å². The number of piperidine rings is 1. The molecule has 1 amide bonds. The standard InChI is InChI=1S/C22H22N4O2/c23-14-16-2-1-3-17(12-16)15-26(19-7-10-25(11-8-19)22(27)28)20-4-5-21-18(13-20)6-9-24-21/h1-6,9,12-13,19,24H,7-8,10-11,15H2,(H,27,28). The molecule has 0 unspecified atom stereocenters. The average molecular weight is 374 g/mol. The van der Waals surface area contributed by atoms with Gasteiger partial charge in [0.1, 0.15) is 0 Å². The molecule has 2 aromatic carbocycles. The molecule has 142 valence electrons. The Balaban J connectivity index is 1.64. The zero-order chi connectivity index (χ0) is 19.5. The van der Waals surface area contributed by atoms with E-state index < -0.39 is 6.09 Å². The minimum absolute atomic E-state index is 0.248. The van der Waals surface area contributed by atoms with Crippen LogP contribution >= 0.6 is 0 Å². The van der Waals surface area contributed by atoms with Crippen molar-refractivity contribution >= 4 is 22.7 Å². The van der Waals surface area contributed by atoms with Gasteiger partial charge in [-0.15, -0.1) is 0 Å². The van der Waals surface area contributed by atoms with E-state index in [4.69, 9.17) is 0 Å². The second-order valence-corrected chi connectivity index (χ2v) is 7.19. The SMILES string of the molecule is N#Cc1cccc(CN(c2ccc3[nH]ccc3c2)C2CCN(C(=O)O)CC2)c1. The van der Waals surface area contributed by atoms with Crippen molar-refractivity contribution in [3.05, 3.63) is 65.9 Å². The number of hydrogen-bond donors (Lipinski definition) is 2. The molecule has 0 aliphatic carbocycles. The summed E-state index contributed by atoms with van der Waals surface area (Å²) in [5, 5.41) is 19.6. The molecule has 6 heteroatoms. The summed E-state index contributed by atoms with van der Waals surface area (Å²) < 4.78 is 0. The van der Waals surface area contributed by atoms with E-state index in [9.17, 15) is 15.2 Å². The van der Waals surface area contributed by atoms with Crippen molar-refractivity contribution < 1.29 is 9.90 Å². The average Bonchev–Trinajstić information content (AvgIpc) is 3.20. The molecule has 0 saturated carbocycles. The van der Waals surface area contributed by atoms with E-state index in [0.717, 1.165) is 35.0 Å². The Bertz CT molecular complexity index is 1030. The van der Waals surface area contributed by atoms with Crippen LogP contribution in [-0.4, -0.2) is 40.2 Å². The minimum Gasteiger partial charge on any atom is -0.465 e. The van der Waals surface area contributed by atoms with Gasteiger partial charge < -0.3 is 19.9 Å². The highest BCUT2D eigenvalue weighted by molar-refractivity contribution is 5.83. The van der Waals surface area contributed by atoms with E-state index in [2.05, 4.69) is 40.2 Å². The van der Waals surface area contributed by atoms with Crippen molar-refractivity contribution in [2.75, 3.05) is 18.0 Å². The van der Waals surface area contributed by atoms with Crippen LogP contribution < -0.4 is 4.90 Å². The van der Waals surface area contributed by atoms with Crippen LogP contribution in [0.5, 0.6) is 0 Å². The van der Waals surface area contributed by atoms with Crippen molar-refractivity contribution in [3.63, 3.8) is 0 Å². The molecule has 1 fully saturated rings. The Hall–Kier alpha value is -3.46. The van der Waals surface area contributed by atoms with Crippen molar-refractivity contribution in [3.8, 4) is 6.07 Å². The first-order chi connectivity index (χ1) is 13.6. The van der Waals surface area contributed by atoms with E-state index in [-0.39, 0.29) is 6.04 Å². The summed E-state index contributed by atoms with van der Waals surface area (Å²) in [4.78, 5) is 18.3. The first-order valence-electron chi connectivity index (χ1n) is 9.45. The van der Waals surface area contributed by atoms with Crippen molar-refractivity contribution in [2.45, 2.75) is 25.4 Å². The number of carbonyl (C=O) groups is 1. The lowest BCUT2D eigenvalue weighted by atomic mass is 10.0. The van der Waals surface area contributed by atoms with Gasteiger partial charge in [0.05, 0.1) is 11.6 Å². The van der Waals surface area contributed by atoms with E-state index >= 15 is 0 Å². The van der Waals surface area contributed by atoms with Gasteiger partial charge in [-0.05, 0) is 54.8 Å². The Morgan fingerprint density at radius 1 is 1.21 bits per heavy atom. The smallest absolute Gasteiger partial charge is 0.407 e. The van der Waals surface area contributed by atoms with Crippen molar-refractivity contribution in [1.29, 1.82) is 5.26 Å². The molecule has 2 heterocycles. The molecule has 0 bridgehead atoms. The number of hydrogen-bond acceptors (Lipinski definition) is 3. The first kappa shape index (κ1) is 17.9. The van der Waals surface area contributed by atoms with Crippen LogP contribution in [0.15, 0.2) is 54.7 Å². The highest BCUT2D eigenvalue weighted by atomic mass is 16.4. The number of H-pyrrole nitrogens is 1. The van der Waals surface area contributed by atoms with Crippen molar-refractivity contribution in [2.24, 2.45) is 0 Å². The number of likely N-dealkylation sites (tertiary alicyclic amines) is 1. The lowest BCUT2D eigenvalue weighted by molar-refractivity contribution is 0.131. The highest BCUT2D eigenvalue weighted by Crippen LogP contribution is 2.29. The van der Waals surface area contributed by atoms with E-state index in [0.29, 0.717) is 25.2 Å². The van der Waals surface area contributed by atoms with Gasteiger partial charge in [0, 0.05) is 48.5 Å². The number of benzene rings is 2. The Morgan fingerprint density at radius 2 is 2.04 bits per heavy atom. The Labute approximate surface area is 163 Å². The Morgan fingerprint density at radius 3 is 2.79 bits per heavy atom.